The molecular weight excluding hydrogens is 110 g/mol. The number of rotatable bonds is 0. The molecular formula is C8H11N. The van der Waals surface area contributed by atoms with Crippen molar-refractivity contribution in [3.63, 3.8) is 0 Å². The highest BCUT2D eigenvalue weighted by Crippen LogP contribution is 2.47. The summed E-state index contributed by atoms with van der Waals surface area (Å²) in [4.78, 5) is 0. The van der Waals surface area contributed by atoms with Crippen LogP contribution >= 0.6 is 0 Å². The van der Waals surface area contributed by atoms with E-state index in [-0.39, 0.29) is 0 Å². The van der Waals surface area contributed by atoms with Crippen molar-refractivity contribution in [2.75, 3.05) is 0 Å². The molecule has 0 spiro atoms. The second kappa shape index (κ2) is 1.41. The van der Waals surface area contributed by atoms with Crippen molar-refractivity contribution < 1.29 is 0 Å². The van der Waals surface area contributed by atoms with E-state index in [0.717, 1.165) is 17.5 Å². The quantitative estimate of drug-likeness (QED) is 0.515. The van der Waals surface area contributed by atoms with Gasteiger partial charge in [0.15, 0.2) is 0 Å². The van der Waals surface area contributed by atoms with Crippen molar-refractivity contribution in [3.8, 4) is 0 Å². The molecule has 0 aromatic rings. The van der Waals surface area contributed by atoms with Crippen LogP contribution < -0.4 is 5.73 Å². The lowest BCUT2D eigenvalue weighted by Crippen LogP contribution is -2.02. The zero-order chi connectivity index (χ0) is 6.43. The van der Waals surface area contributed by atoms with E-state index in [2.05, 4.69) is 13.0 Å². The van der Waals surface area contributed by atoms with Crippen molar-refractivity contribution in [2.24, 2.45) is 17.6 Å². The van der Waals surface area contributed by atoms with Gasteiger partial charge >= 0.3 is 0 Å². The van der Waals surface area contributed by atoms with Gasteiger partial charge in [0.2, 0.25) is 0 Å². The Balaban J connectivity index is 2.36. The normalized spacial score (nSPS) is 38.8. The molecule has 0 aliphatic heterocycles. The molecule has 2 atom stereocenters. The van der Waals surface area contributed by atoms with Crippen LogP contribution in [0.1, 0.15) is 13.3 Å². The molecule has 0 amide bonds. The first-order valence-corrected chi connectivity index (χ1v) is 3.43. The van der Waals surface area contributed by atoms with Crippen LogP contribution in [-0.4, -0.2) is 0 Å². The van der Waals surface area contributed by atoms with Gasteiger partial charge in [-0.15, -0.1) is 0 Å². The molecule has 0 bridgehead atoms. The van der Waals surface area contributed by atoms with E-state index in [1.165, 1.54) is 12.0 Å². The van der Waals surface area contributed by atoms with E-state index < -0.39 is 0 Å². The lowest BCUT2D eigenvalue weighted by molar-refractivity contribution is 0.885. The molecule has 2 rings (SSSR count). The average molecular weight is 121 g/mol. The van der Waals surface area contributed by atoms with Crippen LogP contribution in [0, 0.1) is 11.8 Å². The highest BCUT2D eigenvalue weighted by Gasteiger charge is 2.38. The SMILES string of the molecule is CC1=C(N)C=CC2CC12. The Hall–Kier alpha value is -0.720. The van der Waals surface area contributed by atoms with Crippen LogP contribution in [0.5, 0.6) is 0 Å². The summed E-state index contributed by atoms with van der Waals surface area (Å²) >= 11 is 0. The van der Waals surface area contributed by atoms with Crippen molar-refractivity contribution >= 4 is 0 Å². The van der Waals surface area contributed by atoms with Crippen molar-refractivity contribution in [2.45, 2.75) is 13.3 Å². The highest BCUT2D eigenvalue weighted by atomic mass is 14.6. The molecule has 2 unspecified atom stereocenters. The van der Waals surface area contributed by atoms with Gasteiger partial charge in [-0.05, 0) is 36.8 Å². The molecule has 2 aliphatic rings. The first-order chi connectivity index (χ1) is 4.29. The minimum atomic E-state index is 0.815. The maximum Gasteiger partial charge on any atom is 0.0303 e. The van der Waals surface area contributed by atoms with Crippen LogP contribution in [0.4, 0.5) is 0 Å². The molecule has 2 N–H and O–H groups in total. The first kappa shape index (κ1) is 5.10. The fourth-order valence-electron chi connectivity index (χ4n) is 1.50. The Morgan fingerprint density at radius 1 is 1.67 bits per heavy atom. The van der Waals surface area contributed by atoms with Gasteiger partial charge in [-0.25, -0.2) is 0 Å². The summed E-state index contributed by atoms with van der Waals surface area (Å²) < 4.78 is 0. The minimum absolute atomic E-state index is 0.815. The fraction of sp³-hybridized carbons (Fsp3) is 0.500. The highest BCUT2D eigenvalue weighted by molar-refractivity contribution is 5.34. The molecule has 9 heavy (non-hydrogen) atoms. The standard InChI is InChI=1S/C8H11N/c1-5-7-4-6(7)2-3-8(5)9/h2-3,6-7H,4,9H2,1H3. The second-order valence-corrected chi connectivity index (χ2v) is 3.00. The summed E-state index contributed by atoms with van der Waals surface area (Å²) in [5, 5.41) is 0. The first-order valence-electron chi connectivity index (χ1n) is 3.43. The number of fused-ring (bicyclic) bond motifs is 1. The summed E-state index contributed by atoms with van der Waals surface area (Å²) in [5.41, 5.74) is 8.09. The fourth-order valence-corrected chi connectivity index (χ4v) is 1.50. The molecule has 0 saturated heterocycles. The third-order valence-corrected chi connectivity index (χ3v) is 2.37. The number of hydrogen-bond donors (Lipinski definition) is 1. The Bertz CT molecular complexity index is 201. The number of hydrogen-bond acceptors (Lipinski definition) is 1. The Morgan fingerprint density at radius 2 is 2.44 bits per heavy atom. The van der Waals surface area contributed by atoms with Crippen LogP contribution in [0.15, 0.2) is 23.4 Å². The predicted octanol–water partition coefficient (Wildman–Crippen LogP) is 1.43. The summed E-state index contributed by atoms with van der Waals surface area (Å²) in [5.74, 6) is 1.66. The van der Waals surface area contributed by atoms with E-state index in [4.69, 9.17) is 5.73 Å². The van der Waals surface area contributed by atoms with E-state index in [0.29, 0.717) is 0 Å². The number of allylic oxidation sites excluding steroid dienone is 3. The van der Waals surface area contributed by atoms with E-state index >= 15 is 0 Å². The van der Waals surface area contributed by atoms with Gasteiger partial charge in [-0.1, -0.05) is 6.08 Å². The van der Waals surface area contributed by atoms with Crippen LogP contribution in [0.3, 0.4) is 0 Å². The van der Waals surface area contributed by atoms with Crippen molar-refractivity contribution in [1.82, 2.24) is 0 Å². The van der Waals surface area contributed by atoms with Gasteiger partial charge in [0, 0.05) is 5.70 Å². The zero-order valence-electron chi connectivity index (χ0n) is 5.59. The van der Waals surface area contributed by atoms with Gasteiger partial charge in [-0.2, -0.15) is 0 Å². The summed E-state index contributed by atoms with van der Waals surface area (Å²) in [6, 6.07) is 0. The molecule has 0 aromatic carbocycles. The third kappa shape index (κ3) is 0.607. The Labute approximate surface area is 55.2 Å². The lowest BCUT2D eigenvalue weighted by Gasteiger charge is -2.05. The van der Waals surface area contributed by atoms with Crippen LogP contribution in [0.25, 0.3) is 0 Å². The molecule has 1 heteroatoms. The van der Waals surface area contributed by atoms with E-state index in [1.54, 1.807) is 0 Å². The van der Waals surface area contributed by atoms with Crippen LogP contribution in [0.2, 0.25) is 0 Å². The van der Waals surface area contributed by atoms with Crippen molar-refractivity contribution in [1.29, 1.82) is 0 Å². The van der Waals surface area contributed by atoms with Gasteiger partial charge < -0.3 is 5.73 Å². The lowest BCUT2D eigenvalue weighted by atomic mass is 10.0. The van der Waals surface area contributed by atoms with E-state index in [1.807, 2.05) is 6.08 Å². The maximum absolute atomic E-state index is 5.69. The monoisotopic (exact) mass is 121 g/mol. The molecule has 0 heterocycles. The molecule has 1 nitrogen and oxygen atoms in total. The smallest absolute Gasteiger partial charge is 0.0303 e. The second-order valence-electron chi connectivity index (χ2n) is 3.00. The maximum atomic E-state index is 5.69. The van der Waals surface area contributed by atoms with E-state index in [9.17, 15) is 0 Å². The van der Waals surface area contributed by atoms with Gasteiger partial charge in [-0.3, -0.25) is 0 Å². The summed E-state index contributed by atoms with van der Waals surface area (Å²) in [6.07, 6.45) is 5.61. The summed E-state index contributed by atoms with van der Waals surface area (Å²) in [7, 11) is 0. The largest absolute Gasteiger partial charge is 0.399 e. The minimum Gasteiger partial charge on any atom is -0.399 e. The molecule has 2 aliphatic carbocycles. The van der Waals surface area contributed by atoms with Gasteiger partial charge in [0.05, 0.1) is 0 Å². The Kier molecular flexibility index (Phi) is 0.797. The molecule has 48 valence electrons. The third-order valence-electron chi connectivity index (χ3n) is 2.37. The Morgan fingerprint density at radius 3 is 3.11 bits per heavy atom. The topological polar surface area (TPSA) is 26.0 Å². The molecule has 0 radical (unpaired) electrons. The molecule has 1 saturated carbocycles. The molecule has 0 aromatic heterocycles. The van der Waals surface area contributed by atoms with Gasteiger partial charge in [0.25, 0.3) is 0 Å². The summed E-state index contributed by atoms with van der Waals surface area (Å²) in [6.45, 7) is 2.14. The molecule has 1 fully saturated rings. The predicted molar refractivity (Wildman–Crippen MR) is 37.6 cm³/mol. The van der Waals surface area contributed by atoms with Crippen LogP contribution in [-0.2, 0) is 0 Å². The van der Waals surface area contributed by atoms with Gasteiger partial charge in [0.1, 0.15) is 0 Å². The number of nitrogens with two attached hydrogens (primary N) is 1. The average Bonchev–Trinajstić information content (AvgIpc) is 2.58. The zero-order valence-corrected chi connectivity index (χ0v) is 5.59. The van der Waals surface area contributed by atoms with Crippen molar-refractivity contribution in [3.05, 3.63) is 23.4 Å².